The molecule has 1 aliphatic rings. The number of rotatable bonds is 2. The maximum atomic E-state index is 11.3. The van der Waals surface area contributed by atoms with Gasteiger partial charge in [-0.2, -0.15) is 4.02 Å². The van der Waals surface area contributed by atoms with E-state index in [1.54, 1.807) is 0 Å². The molecular weight excluding hydrogens is 244 g/mol. The van der Waals surface area contributed by atoms with E-state index in [-0.39, 0.29) is 13.1 Å². The molecule has 0 radical (unpaired) electrons. The first kappa shape index (κ1) is 13.3. The van der Waals surface area contributed by atoms with Crippen molar-refractivity contribution in [1.82, 2.24) is 0 Å². The molecule has 0 aromatic rings. The fourth-order valence-corrected chi connectivity index (χ4v) is 4.69. The third kappa shape index (κ3) is 2.50. The SMILES string of the molecule is O=P(O)(O)[N+]1(P(=O)(O)O)CCCCCC1. The Morgan fingerprint density at radius 2 is 1.07 bits per heavy atom. The van der Waals surface area contributed by atoms with Crippen LogP contribution in [0.25, 0.3) is 0 Å². The summed E-state index contributed by atoms with van der Waals surface area (Å²) in [5, 5.41) is 0. The smallest absolute Gasteiger partial charge is 0.279 e. The summed E-state index contributed by atoms with van der Waals surface area (Å²) in [5.41, 5.74) is 0. The summed E-state index contributed by atoms with van der Waals surface area (Å²) in [7, 11) is -9.69. The number of nitrogens with zero attached hydrogens (tertiary/aromatic N) is 1. The van der Waals surface area contributed by atoms with Gasteiger partial charge in [0.15, 0.2) is 0 Å². The highest BCUT2D eigenvalue weighted by molar-refractivity contribution is 7.58. The minimum absolute atomic E-state index is 0.158. The van der Waals surface area contributed by atoms with Gasteiger partial charge >= 0.3 is 15.5 Å². The number of hydrogen-bond donors (Lipinski definition) is 4. The summed E-state index contributed by atoms with van der Waals surface area (Å²) < 4.78 is 21.2. The first-order chi connectivity index (χ1) is 6.71. The van der Waals surface area contributed by atoms with Gasteiger partial charge in [-0.05, 0) is 25.7 Å². The zero-order chi connectivity index (χ0) is 11.7. The molecule has 1 fully saturated rings. The van der Waals surface area contributed by atoms with Crippen molar-refractivity contribution in [3.8, 4) is 0 Å². The molecule has 7 nitrogen and oxygen atoms in total. The highest BCUT2D eigenvalue weighted by Gasteiger charge is 2.58. The van der Waals surface area contributed by atoms with Gasteiger partial charge in [-0.1, -0.05) is 0 Å². The molecule has 1 rings (SSSR count). The summed E-state index contributed by atoms with van der Waals surface area (Å²) in [6.45, 7) is -0.316. The van der Waals surface area contributed by atoms with Crippen molar-refractivity contribution in [2.24, 2.45) is 0 Å². The molecule has 0 aromatic carbocycles. The first-order valence-electron chi connectivity index (χ1n) is 4.70. The van der Waals surface area contributed by atoms with Gasteiger partial charge in [0.25, 0.3) is 0 Å². The molecule has 0 saturated carbocycles. The minimum atomic E-state index is -4.85. The van der Waals surface area contributed by atoms with E-state index in [1.807, 2.05) is 0 Å². The van der Waals surface area contributed by atoms with E-state index in [9.17, 15) is 9.13 Å². The van der Waals surface area contributed by atoms with Gasteiger partial charge in [0.2, 0.25) is 0 Å². The van der Waals surface area contributed by atoms with E-state index in [0.717, 1.165) is 12.8 Å². The van der Waals surface area contributed by atoms with Crippen molar-refractivity contribution in [3.05, 3.63) is 0 Å². The molecule has 0 aliphatic carbocycles. The molecule has 4 N–H and O–H groups in total. The Kier molecular flexibility index (Phi) is 3.78. The molecule has 15 heavy (non-hydrogen) atoms. The summed E-state index contributed by atoms with van der Waals surface area (Å²) in [5.74, 6) is 0. The van der Waals surface area contributed by atoms with E-state index >= 15 is 0 Å². The van der Waals surface area contributed by atoms with Crippen LogP contribution in [0.3, 0.4) is 0 Å². The van der Waals surface area contributed by atoms with Crippen molar-refractivity contribution in [2.75, 3.05) is 13.1 Å². The number of hydrogen-bond acceptors (Lipinski definition) is 2. The molecule has 1 saturated heterocycles. The Morgan fingerprint density at radius 1 is 0.733 bits per heavy atom. The van der Waals surface area contributed by atoms with Crippen molar-refractivity contribution >= 4 is 15.5 Å². The van der Waals surface area contributed by atoms with Crippen LogP contribution in [0.5, 0.6) is 0 Å². The predicted molar refractivity (Wildman–Crippen MR) is 52.6 cm³/mol. The van der Waals surface area contributed by atoms with Gasteiger partial charge < -0.3 is 0 Å². The van der Waals surface area contributed by atoms with E-state index in [0.29, 0.717) is 12.8 Å². The van der Waals surface area contributed by atoms with Crippen molar-refractivity contribution in [2.45, 2.75) is 25.7 Å². The lowest BCUT2D eigenvalue weighted by atomic mass is 10.2. The van der Waals surface area contributed by atoms with Crippen molar-refractivity contribution in [1.29, 1.82) is 0 Å². The highest BCUT2D eigenvalue weighted by atomic mass is 31.3. The third-order valence-corrected chi connectivity index (χ3v) is 6.89. The van der Waals surface area contributed by atoms with Crippen LogP contribution in [0.15, 0.2) is 0 Å². The van der Waals surface area contributed by atoms with Crippen LogP contribution < -0.4 is 0 Å². The molecule has 1 heterocycles. The lowest BCUT2D eigenvalue weighted by molar-refractivity contribution is -0.712. The van der Waals surface area contributed by atoms with Gasteiger partial charge in [-0.3, -0.25) is 19.6 Å². The maximum Gasteiger partial charge on any atom is 0.533 e. The highest BCUT2D eigenvalue weighted by Crippen LogP contribution is 2.66. The fraction of sp³-hybridized carbons (Fsp3) is 1.00. The molecule has 0 amide bonds. The van der Waals surface area contributed by atoms with E-state index < -0.39 is 19.5 Å². The van der Waals surface area contributed by atoms with Crippen LogP contribution in [-0.4, -0.2) is 36.7 Å². The van der Waals surface area contributed by atoms with Gasteiger partial charge in [-0.15, -0.1) is 0 Å². The zero-order valence-corrected chi connectivity index (χ0v) is 9.98. The Balaban J connectivity index is 3.17. The summed E-state index contributed by atoms with van der Waals surface area (Å²) in [4.78, 5) is 36.6. The standard InChI is InChI=1S/C6H15NO6P2/c8-14(9,10)7(15(11,12)13)5-3-1-2-4-6-7/h1-6H2,(H3-,8,9,10,11,12,13)/p+1. The Labute approximate surface area is 87.7 Å². The largest absolute Gasteiger partial charge is 0.533 e. The van der Waals surface area contributed by atoms with Crippen molar-refractivity contribution in [3.63, 3.8) is 0 Å². The Hall–Kier alpha value is 0.260. The second-order valence-electron chi connectivity index (χ2n) is 3.77. The maximum absolute atomic E-state index is 11.3. The van der Waals surface area contributed by atoms with Crippen LogP contribution in [0.1, 0.15) is 25.7 Å². The monoisotopic (exact) mass is 260 g/mol. The number of quaternary nitrogens is 1. The molecule has 90 valence electrons. The normalized spacial score (nSPS) is 23.5. The van der Waals surface area contributed by atoms with E-state index in [2.05, 4.69) is 0 Å². The Bertz CT molecular complexity index is 288. The van der Waals surface area contributed by atoms with Crippen LogP contribution in [0.4, 0.5) is 0 Å². The van der Waals surface area contributed by atoms with Gasteiger partial charge in [0.05, 0.1) is 13.1 Å². The molecular formula is C6H16NO6P2+. The molecule has 0 bridgehead atoms. The zero-order valence-electron chi connectivity index (χ0n) is 8.19. The lowest BCUT2D eigenvalue weighted by Crippen LogP contribution is -2.41. The Morgan fingerprint density at radius 3 is 1.33 bits per heavy atom. The third-order valence-electron chi connectivity index (χ3n) is 2.75. The van der Waals surface area contributed by atoms with E-state index in [4.69, 9.17) is 19.6 Å². The predicted octanol–water partition coefficient (Wildman–Crippen LogP) is 0.563. The average Bonchev–Trinajstić information content (AvgIpc) is 2.25. The summed E-state index contributed by atoms with van der Waals surface area (Å²) >= 11 is 0. The van der Waals surface area contributed by atoms with Crippen LogP contribution in [0.2, 0.25) is 0 Å². The van der Waals surface area contributed by atoms with E-state index in [1.165, 1.54) is 0 Å². The quantitative estimate of drug-likeness (QED) is 0.539. The van der Waals surface area contributed by atoms with Gasteiger partial charge in [0.1, 0.15) is 0 Å². The molecule has 0 spiro atoms. The minimum Gasteiger partial charge on any atom is -0.279 e. The van der Waals surface area contributed by atoms with Gasteiger partial charge in [0, 0.05) is 0 Å². The summed E-state index contributed by atoms with van der Waals surface area (Å²) in [6, 6.07) is 0. The molecule has 9 heteroatoms. The molecule has 0 aromatic heterocycles. The van der Waals surface area contributed by atoms with Crippen molar-refractivity contribution < 1.29 is 32.7 Å². The topological polar surface area (TPSA) is 115 Å². The van der Waals surface area contributed by atoms with Crippen LogP contribution in [0, 0.1) is 0 Å². The average molecular weight is 260 g/mol. The van der Waals surface area contributed by atoms with Crippen LogP contribution >= 0.6 is 15.5 Å². The first-order valence-corrected chi connectivity index (χ1v) is 7.83. The van der Waals surface area contributed by atoms with Gasteiger partial charge in [-0.25, -0.2) is 9.13 Å². The molecule has 0 unspecified atom stereocenters. The fourth-order valence-electron chi connectivity index (χ4n) is 1.87. The second-order valence-corrected chi connectivity index (χ2v) is 7.67. The second kappa shape index (κ2) is 4.26. The molecule has 0 atom stereocenters. The summed E-state index contributed by atoms with van der Waals surface area (Å²) in [6.07, 6.45) is 2.35. The van der Waals surface area contributed by atoms with Crippen LogP contribution in [-0.2, 0) is 9.13 Å². The lowest BCUT2D eigenvalue weighted by Gasteiger charge is -2.35. The molecule has 1 aliphatic heterocycles.